The number of phenolic OH excluding ortho intramolecular Hbond substituents is 1. The van der Waals surface area contributed by atoms with Crippen molar-refractivity contribution in [2.45, 2.75) is 6.92 Å². The van der Waals surface area contributed by atoms with Gasteiger partial charge in [0, 0.05) is 27.4 Å². The minimum atomic E-state index is 0.0480. The molecule has 0 radical (unpaired) electrons. The summed E-state index contributed by atoms with van der Waals surface area (Å²) in [4.78, 5) is 8.62. The first-order chi connectivity index (χ1) is 16.0. The predicted molar refractivity (Wildman–Crippen MR) is 128 cm³/mol. The van der Waals surface area contributed by atoms with Crippen molar-refractivity contribution in [1.82, 2.24) is 9.97 Å². The molecule has 33 heavy (non-hydrogen) atoms. The fourth-order valence-corrected chi connectivity index (χ4v) is 3.73. The third-order valence-corrected chi connectivity index (χ3v) is 5.72. The lowest BCUT2D eigenvalue weighted by atomic mass is 10.1. The molecule has 2 N–H and O–H groups in total. The Morgan fingerprint density at radius 3 is 2.73 bits per heavy atom. The average molecular weight is 459 g/mol. The van der Waals surface area contributed by atoms with Gasteiger partial charge in [-0.3, -0.25) is 5.43 Å². The van der Waals surface area contributed by atoms with Crippen molar-refractivity contribution in [2.24, 2.45) is 5.10 Å². The van der Waals surface area contributed by atoms with Gasteiger partial charge in [0.1, 0.15) is 17.7 Å². The lowest BCUT2D eigenvalue weighted by Gasteiger charge is -2.09. The zero-order valence-corrected chi connectivity index (χ0v) is 18.6. The number of hydrogen-bond donors (Lipinski definition) is 2. The van der Waals surface area contributed by atoms with E-state index in [1.165, 1.54) is 13.4 Å². The van der Waals surface area contributed by atoms with E-state index in [-0.39, 0.29) is 5.75 Å². The monoisotopic (exact) mass is 458 g/mol. The number of methoxy groups -OCH3 is 1. The summed E-state index contributed by atoms with van der Waals surface area (Å²) in [5.41, 5.74) is 6.11. The Morgan fingerprint density at radius 2 is 1.88 bits per heavy atom. The number of aromatic hydroxyl groups is 1. The Kier molecular flexibility index (Phi) is 5.32. The Bertz CT molecular complexity index is 1570. The molecule has 0 atom stereocenters. The summed E-state index contributed by atoms with van der Waals surface area (Å²) in [5, 5.41) is 17.4. The lowest BCUT2D eigenvalue weighted by Crippen LogP contribution is -2.08. The van der Waals surface area contributed by atoms with E-state index in [0.29, 0.717) is 33.3 Å². The van der Waals surface area contributed by atoms with Crippen molar-refractivity contribution < 1.29 is 14.3 Å². The van der Waals surface area contributed by atoms with E-state index in [2.05, 4.69) is 20.5 Å². The molecule has 5 rings (SSSR count). The van der Waals surface area contributed by atoms with Gasteiger partial charge in [-0.1, -0.05) is 23.7 Å². The molecule has 3 aromatic carbocycles. The fourth-order valence-electron chi connectivity index (χ4n) is 3.56. The van der Waals surface area contributed by atoms with Gasteiger partial charge in [-0.25, -0.2) is 9.97 Å². The molecule has 2 aromatic heterocycles. The number of para-hydroxylation sites is 1. The topological polar surface area (TPSA) is 92.8 Å². The van der Waals surface area contributed by atoms with Crippen molar-refractivity contribution in [3.63, 3.8) is 0 Å². The van der Waals surface area contributed by atoms with Gasteiger partial charge in [-0.05, 0) is 55.0 Å². The molecular formula is C25H19ClN4O3. The van der Waals surface area contributed by atoms with Gasteiger partial charge in [-0.15, -0.1) is 0 Å². The number of rotatable bonds is 4. The number of benzene rings is 3. The van der Waals surface area contributed by atoms with E-state index in [4.69, 9.17) is 20.8 Å². The largest absolute Gasteiger partial charge is 0.504 e. The molecule has 0 saturated heterocycles. The second-order valence-corrected chi connectivity index (χ2v) is 7.85. The molecule has 0 unspecified atom stereocenters. The Labute approximate surface area is 194 Å². The van der Waals surface area contributed by atoms with Gasteiger partial charge in [0.25, 0.3) is 0 Å². The molecule has 0 spiro atoms. The highest BCUT2D eigenvalue weighted by Crippen LogP contribution is 2.32. The van der Waals surface area contributed by atoms with Crippen molar-refractivity contribution in [3.05, 3.63) is 82.9 Å². The normalized spacial score (nSPS) is 11.8. The molecule has 2 heterocycles. The van der Waals surface area contributed by atoms with Gasteiger partial charge in [-0.2, -0.15) is 5.10 Å². The Hall–Kier alpha value is -4.10. The summed E-state index contributed by atoms with van der Waals surface area (Å²) in [7, 11) is 1.50. The molecule has 0 saturated carbocycles. The van der Waals surface area contributed by atoms with E-state index >= 15 is 0 Å². The first-order valence-corrected chi connectivity index (χ1v) is 10.5. The van der Waals surface area contributed by atoms with Gasteiger partial charge >= 0.3 is 0 Å². The summed E-state index contributed by atoms with van der Waals surface area (Å²) in [6.45, 7) is 1.91. The summed E-state index contributed by atoms with van der Waals surface area (Å²) < 4.78 is 11.4. The van der Waals surface area contributed by atoms with E-state index in [1.807, 2.05) is 43.3 Å². The van der Waals surface area contributed by atoms with Crippen LogP contribution in [0.4, 0.5) is 5.82 Å². The van der Waals surface area contributed by atoms with Crippen LogP contribution in [0.25, 0.3) is 33.2 Å². The zero-order chi connectivity index (χ0) is 22.9. The lowest BCUT2D eigenvalue weighted by molar-refractivity contribution is 0.373. The molecule has 0 aliphatic heterocycles. The van der Waals surface area contributed by atoms with E-state index in [9.17, 15) is 5.11 Å². The molecule has 164 valence electrons. The zero-order valence-electron chi connectivity index (χ0n) is 17.8. The number of nitrogens with zero attached hydrogens (tertiary/aromatic N) is 3. The molecule has 0 bridgehead atoms. The third-order valence-electron chi connectivity index (χ3n) is 5.31. The number of halogens is 1. The number of fused-ring (bicyclic) bond motifs is 2. The fraction of sp³-hybridized carbons (Fsp3) is 0.0800. The second kappa shape index (κ2) is 8.44. The van der Waals surface area contributed by atoms with Crippen molar-refractivity contribution >= 4 is 39.3 Å². The number of hydrogen-bond acceptors (Lipinski definition) is 7. The van der Waals surface area contributed by atoms with Crippen molar-refractivity contribution in [1.29, 1.82) is 0 Å². The maximum absolute atomic E-state index is 9.96. The molecule has 7 nitrogen and oxygen atoms in total. The molecule has 8 heteroatoms. The SMILES string of the molecule is COc1cc(-c2c/c(=N\Nc3ncnc4ccccc34)c3cc(Cl)c(C)cc3o2)ccc1O. The Morgan fingerprint density at radius 1 is 1.03 bits per heavy atom. The molecule has 5 aromatic rings. The summed E-state index contributed by atoms with van der Waals surface area (Å²) >= 11 is 6.40. The number of nitrogens with one attached hydrogen (secondary N) is 1. The number of aryl methyl sites for hydroxylation is 1. The number of ether oxygens (including phenoxy) is 1. The maximum atomic E-state index is 9.96. The second-order valence-electron chi connectivity index (χ2n) is 7.44. The van der Waals surface area contributed by atoms with Crippen LogP contribution in [0, 0.1) is 6.92 Å². The van der Waals surface area contributed by atoms with Crippen LogP contribution < -0.4 is 15.5 Å². The van der Waals surface area contributed by atoms with Gasteiger partial charge in [0.15, 0.2) is 17.3 Å². The van der Waals surface area contributed by atoms with Gasteiger partial charge in [0.05, 0.1) is 18.0 Å². The van der Waals surface area contributed by atoms with E-state index < -0.39 is 0 Å². The smallest absolute Gasteiger partial charge is 0.161 e. The Balaban J connectivity index is 1.70. The quantitative estimate of drug-likeness (QED) is 0.338. The van der Waals surface area contributed by atoms with Crippen LogP contribution in [0.5, 0.6) is 11.5 Å². The van der Waals surface area contributed by atoms with Crippen LogP contribution in [-0.4, -0.2) is 22.2 Å². The molecular weight excluding hydrogens is 440 g/mol. The summed E-state index contributed by atoms with van der Waals surface area (Å²) in [5.74, 6) is 1.53. The highest BCUT2D eigenvalue weighted by atomic mass is 35.5. The molecule has 0 aliphatic carbocycles. The van der Waals surface area contributed by atoms with E-state index in [0.717, 1.165) is 27.4 Å². The first kappa shape index (κ1) is 20.8. The summed E-state index contributed by atoms with van der Waals surface area (Å²) in [6, 6.07) is 18.2. The minimum absolute atomic E-state index is 0.0480. The van der Waals surface area contributed by atoms with E-state index in [1.54, 1.807) is 24.3 Å². The van der Waals surface area contributed by atoms with Crippen LogP contribution in [0.3, 0.4) is 0 Å². The molecule has 0 amide bonds. The first-order valence-electron chi connectivity index (χ1n) is 10.1. The highest BCUT2D eigenvalue weighted by molar-refractivity contribution is 6.32. The van der Waals surface area contributed by atoms with Crippen molar-refractivity contribution in [3.8, 4) is 22.8 Å². The highest BCUT2D eigenvalue weighted by Gasteiger charge is 2.11. The number of anilines is 1. The van der Waals surface area contributed by atoms with Crippen LogP contribution in [-0.2, 0) is 0 Å². The average Bonchev–Trinajstić information content (AvgIpc) is 2.83. The van der Waals surface area contributed by atoms with Gasteiger partial charge in [0.2, 0.25) is 0 Å². The standard InChI is InChI=1S/C25H19ClN4O3/c1-14-9-23-17(11-18(14)26)20(12-22(33-23)15-7-8-21(31)24(10-15)32-2)29-30-25-16-5-3-4-6-19(16)27-13-28-25/h3-13,31H,1-2H3,(H,27,28,30)/b29-20+. The van der Waals surface area contributed by atoms with Crippen LogP contribution in [0.15, 0.2) is 76.5 Å². The van der Waals surface area contributed by atoms with Crippen LogP contribution in [0.1, 0.15) is 5.56 Å². The third kappa shape index (κ3) is 3.94. The van der Waals surface area contributed by atoms with Gasteiger partial charge < -0.3 is 14.3 Å². The minimum Gasteiger partial charge on any atom is -0.504 e. The number of aromatic nitrogens is 2. The summed E-state index contributed by atoms with van der Waals surface area (Å²) in [6.07, 6.45) is 1.49. The molecule has 0 aliphatic rings. The van der Waals surface area contributed by atoms with Crippen LogP contribution in [0.2, 0.25) is 5.02 Å². The molecule has 0 fully saturated rings. The number of phenols is 1. The predicted octanol–water partition coefficient (Wildman–Crippen LogP) is 5.65. The van der Waals surface area contributed by atoms with Crippen LogP contribution >= 0.6 is 11.6 Å². The van der Waals surface area contributed by atoms with Crippen molar-refractivity contribution in [2.75, 3.05) is 12.5 Å². The maximum Gasteiger partial charge on any atom is 0.161 e.